The summed E-state index contributed by atoms with van der Waals surface area (Å²) < 4.78 is 0. The molecule has 0 radical (unpaired) electrons. The monoisotopic (exact) mass is 296 g/mol. The highest BCUT2D eigenvalue weighted by molar-refractivity contribution is 6.30. The van der Waals surface area contributed by atoms with Crippen molar-refractivity contribution in [3.63, 3.8) is 0 Å². The first-order valence-electron chi connectivity index (χ1n) is 6.79. The highest BCUT2D eigenvalue weighted by Gasteiger charge is 2.26. The van der Waals surface area contributed by atoms with E-state index < -0.39 is 0 Å². The van der Waals surface area contributed by atoms with E-state index in [9.17, 15) is 4.79 Å². The van der Waals surface area contributed by atoms with E-state index in [0.29, 0.717) is 11.1 Å². The number of rotatable bonds is 2. The van der Waals surface area contributed by atoms with Crippen LogP contribution in [0, 0.1) is 0 Å². The van der Waals surface area contributed by atoms with Crippen LogP contribution in [0.25, 0.3) is 0 Å². The standard InChI is InChI=1S/C14H21ClN4O/c1-17(2)14(20)18(3)12-6-8-19(9-7-12)13-5-4-11(15)10-16-13/h4-5,10,12H,6-9H2,1-3H3. The van der Waals surface area contributed by atoms with E-state index >= 15 is 0 Å². The maximum Gasteiger partial charge on any atom is 0.319 e. The third-order valence-corrected chi connectivity index (χ3v) is 3.96. The van der Waals surface area contributed by atoms with Crippen LogP contribution in [0.2, 0.25) is 5.02 Å². The predicted molar refractivity (Wildman–Crippen MR) is 81.3 cm³/mol. The average Bonchev–Trinajstić information content (AvgIpc) is 2.46. The molecule has 0 spiro atoms. The number of aromatic nitrogens is 1. The van der Waals surface area contributed by atoms with Gasteiger partial charge in [-0.1, -0.05) is 11.6 Å². The Morgan fingerprint density at radius 1 is 1.30 bits per heavy atom. The van der Waals surface area contributed by atoms with Gasteiger partial charge < -0.3 is 14.7 Å². The molecule has 6 heteroatoms. The number of amides is 2. The molecule has 0 bridgehead atoms. The van der Waals surface area contributed by atoms with Crippen LogP contribution in [0.15, 0.2) is 18.3 Å². The van der Waals surface area contributed by atoms with E-state index in [1.54, 1.807) is 25.2 Å². The van der Waals surface area contributed by atoms with Gasteiger partial charge in [0.05, 0.1) is 5.02 Å². The van der Waals surface area contributed by atoms with Gasteiger partial charge >= 0.3 is 6.03 Å². The van der Waals surface area contributed by atoms with Gasteiger partial charge in [-0.3, -0.25) is 0 Å². The highest BCUT2D eigenvalue weighted by atomic mass is 35.5. The Hall–Kier alpha value is -1.49. The number of halogens is 1. The van der Waals surface area contributed by atoms with Crippen molar-refractivity contribution in [2.45, 2.75) is 18.9 Å². The van der Waals surface area contributed by atoms with Crippen LogP contribution < -0.4 is 4.90 Å². The molecular formula is C14H21ClN4O. The zero-order valence-electron chi connectivity index (χ0n) is 12.2. The summed E-state index contributed by atoms with van der Waals surface area (Å²) in [7, 11) is 5.44. The minimum Gasteiger partial charge on any atom is -0.356 e. The van der Waals surface area contributed by atoms with Crippen molar-refractivity contribution in [3.8, 4) is 0 Å². The minimum absolute atomic E-state index is 0.0630. The van der Waals surface area contributed by atoms with E-state index in [-0.39, 0.29) is 6.03 Å². The van der Waals surface area contributed by atoms with Gasteiger partial charge in [0.2, 0.25) is 0 Å². The molecule has 2 amide bonds. The summed E-state index contributed by atoms with van der Waals surface area (Å²) >= 11 is 5.85. The second-order valence-corrected chi connectivity index (χ2v) is 5.78. The minimum atomic E-state index is 0.0630. The number of carbonyl (C=O) groups excluding carboxylic acids is 1. The Morgan fingerprint density at radius 3 is 2.45 bits per heavy atom. The molecule has 5 nitrogen and oxygen atoms in total. The summed E-state index contributed by atoms with van der Waals surface area (Å²) in [5, 5.41) is 0.653. The van der Waals surface area contributed by atoms with Gasteiger partial charge in [0.15, 0.2) is 0 Å². The van der Waals surface area contributed by atoms with E-state index in [4.69, 9.17) is 11.6 Å². The zero-order chi connectivity index (χ0) is 14.7. The van der Waals surface area contributed by atoms with E-state index in [1.807, 2.05) is 24.1 Å². The summed E-state index contributed by atoms with van der Waals surface area (Å²) in [6.07, 6.45) is 3.59. The number of hydrogen-bond acceptors (Lipinski definition) is 3. The van der Waals surface area contributed by atoms with Crippen LogP contribution in [0.5, 0.6) is 0 Å². The molecule has 1 aromatic heterocycles. The van der Waals surface area contributed by atoms with Crippen LogP contribution in [-0.2, 0) is 0 Å². The second kappa shape index (κ2) is 6.31. The van der Waals surface area contributed by atoms with Crippen molar-refractivity contribution in [1.29, 1.82) is 0 Å². The van der Waals surface area contributed by atoms with Crippen LogP contribution >= 0.6 is 11.6 Å². The molecule has 1 aliphatic heterocycles. The molecule has 0 aromatic carbocycles. The van der Waals surface area contributed by atoms with Gasteiger partial charge in [-0.15, -0.1) is 0 Å². The molecule has 1 fully saturated rings. The number of nitrogens with zero attached hydrogens (tertiary/aromatic N) is 4. The molecule has 0 atom stereocenters. The average molecular weight is 297 g/mol. The topological polar surface area (TPSA) is 39.7 Å². The summed E-state index contributed by atoms with van der Waals surface area (Å²) in [6.45, 7) is 1.81. The summed E-state index contributed by atoms with van der Waals surface area (Å²) in [5.74, 6) is 0.953. The van der Waals surface area contributed by atoms with Crippen LogP contribution in [0.3, 0.4) is 0 Å². The fourth-order valence-electron chi connectivity index (χ4n) is 2.51. The third-order valence-electron chi connectivity index (χ3n) is 3.73. The Morgan fingerprint density at radius 2 is 1.95 bits per heavy atom. The summed E-state index contributed by atoms with van der Waals surface area (Å²) in [5.41, 5.74) is 0. The molecule has 2 heterocycles. The molecule has 0 unspecified atom stereocenters. The molecule has 110 valence electrons. The van der Waals surface area contributed by atoms with Crippen molar-refractivity contribution in [1.82, 2.24) is 14.8 Å². The molecule has 0 N–H and O–H groups in total. The lowest BCUT2D eigenvalue weighted by molar-refractivity contribution is 0.155. The van der Waals surface area contributed by atoms with E-state index in [2.05, 4.69) is 9.88 Å². The van der Waals surface area contributed by atoms with Crippen molar-refractivity contribution in [3.05, 3.63) is 23.4 Å². The second-order valence-electron chi connectivity index (χ2n) is 5.34. The van der Waals surface area contributed by atoms with Gasteiger partial charge in [-0.2, -0.15) is 0 Å². The number of anilines is 1. The molecule has 0 aliphatic carbocycles. The molecule has 1 aromatic rings. The van der Waals surface area contributed by atoms with Crippen LogP contribution in [0.1, 0.15) is 12.8 Å². The SMILES string of the molecule is CN(C)C(=O)N(C)C1CCN(c2ccc(Cl)cn2)CC1. The lowest BCUT2D eigenvalue weighted by atomic mass is 10.0. The Bertz CT molecular complexity index is 455. The van der Waals surface area contributed by atoms with Gasteiger partial charge in [0.25, 0.3) is 0 Å². The Balaban J connectivity index is 1.92. The van der Waals surface area contributed by atoms with Gasteiger partial charge in [-0.05, 0) is 25.0 Å². The number of carbonyl (C=O) groups is 1. The molecule has 1 aliphatic rings. The third kappa shape index (κ3) is 3.33. The van der Waals surface area contributed by atoms with Gasteiger partial charge in [-0.25, -0.2) is 9.78 Å². The molecule has 1 saturated heterocycles. The number of piperidine rings is 1. The van der Waals surface area contributed by atoms with Crippen molar-refractivity contribution in [2.24, 2.45) is 0 Å². The first-order chi connectivity index (χ1) is 9.49. The quantitative estimate of drug-likeness (QED) is 0.841. The Labute approximate surface area is 125 Å². The zero-order valence-corrected chi connectivity index (χ0v) is 13.0. The predicted octanol–water partition coefficient (Wildman–Crippen LogP) is 2.32. The van der Waals surface area contributed by atoms with E-state index in [1.165, 1.54) is 0 Å². The van der Waals surface area contributed by atoms with E-state index in [0.717, 1.165) is 31.7 Å². The number of hydrogen-bond donors (Lipinski definition) is 0. The number of pyridine rings is 1. The first kappa shape index (κ1) is 14.9. The Kier molecular flexibility index (Phi) is 4.70. The lowest BCUT2D eigenvalue weighted by Gasteiger charge is -2.38. The largest absolute Gasteiger partial charge is 0.356 e. The maximum absolute atomic E-state index is 11.9. The fraction of sp³-hybridized carbons (Fsp3) is 0.571. The van der Waals surface area contributed by atoms with Crippen molar-refractivity contribution < 1.29 is 4.79 Å². The van der Waals surface area contributed by atoms with Gasteiger partial charge in [0.1, 0.15) is 5.82 Å². The normalized spacial score (nSPS) is 16.1. The molecular weight excluding hydrogens is 276 g/mol. The maximum atomic E-state index is 11.9. The van der Waals surface area contributed by atoms with Crippen LogP contribution in [-0.4, -0.2) is 61.1 Å². The highest BCUT2D eigenvalue weighted by Crippen LogP contribution is 2.21. The molecule has 2 rings (SSSR count). The fourth-order valence-corrected chi connectivity index (χ4v) is 2.62. The lowest BCUT2D eigenvalue weighted by Crippen LogP contribution is -2.48. The van der Waals surface area contributed by atoms with Crippen LogP contribution in [0.4, 0.5) is 10.6 Å². The first-order valence-corrected chi connectivity index (χ1v) is 7.17. The smallest absolute Gasteiger partial charge is 0.319 e. The molecule has 0 saturated carbocycles. The molecule has 20 heavy (non-hydrogen) atoms. The van der Waals surface area contributed by atoms with Gasteiger partial charge in [0, 0.05) is 46.5 Å². The summed E-state index contributed by atoms with van der Waals surface area (Å²) in [6, 6.07) is 4.16. The van der Waals surface area contributed by atoms with Crippen molar-refractivity contribution in [2.75, 3.05) is 39.1 Å². The summed E-state index contributed by atoms with van der Waals surface area (Å²) in [4.78, 5) is 22.0. The number of urea groups is 1. The van der Waals surface area contributed by atoms with Crippen molar-refractivity contribution >= 4 is 23.4 Å².